The Morgan fingerprint density at radius 3 is 2.38 bits per heavy atom. The van der Waals surface area contributed by atoms with Gasteiger partial charge in [-0.05, 0) is 74.4 Å². The van der Waals surface area contributed by atoms with Gasteiger partial charge in [-0.2, -0.15) is 13.2 Å². The van der Waals surface area contributed by atoms with Crippen molar-refractivity contribution in [3.05, 3.63) is 115 Å². The summed E-state index contributed by atoms with van der Waals surface area (Å²) in [6.45, 7) is 7.01. The van der Waals surface area contributed by atoms with Crippen LogP contribution in [0.15, 0.2) is 97.3 Å². The molecule has 2 N–H and O–H groups in total. The molecule has 0 radical (unpaired) electrons. The number of alkyl halides is 3. The van der Waals surface area contributed by atoms with Crippen LogP contribution in [0, 0.1) is 11.6 Å². The van der Waals surface area contributed by atoms with Crippen molar-refractivity contribution in [2.24, 2.45) is 0 Å². The minimum Gasteiger partial charge on any atom is -0.492 e. The molecule has 60 heavy (non-hydrogen) atoms. The largest absolute Gasteiger partial charge is 0.492 e. The van der Waals surface area contributed by atoms with Crippen molar-refractivity contribution in [3.63, 3.8) is 0 Å². The highest BCUT2D eigenvalue weighted by Gasteiger charge is 2.31. The second kappa shape index (κ2) is 17.6. The van der Waals surface area contributed by atoms with Crippen molar-refractivity contribution in [2.75, 3.05) is 68.0 Å². The van der Waals surface area contributed by atoms with Gasteiger partial charge < -0.3 is 25.2 Å². The van der Waals surface area contributed by atoms with Crippen LogP contribution in [0.25, 0.3) is 28.3 Å². The van der Waals surface area contributed by atoms with Gasteiger partial charge in [0.25, 0.3) is 5.91 Å². The predicted molar refractivity (Wildman–Crippen MR) is 221 cm³/mol. The number of para-hydroxylation sites is 1. The lowest BCUT2D eigenvalue weighted by Crippen LogP contribution is -2.53. The maximum absolute atomic E-state index is 14.4. The molecule has 0 bridgehead atoms. The molecule has 0 saturated carbocycles. The minimum absolute atomic E-state index is 0.0632. The first kappa shape index (κ1) is 40.6. The number of anilines is 4. The lowest BCUT2D eigenvalue weighted by atomic mass is 10.0. The number of carbonyl (C=O) groups is 1. The van der Waals surface area contributed by atoms with Gasteiger partial charge in [0.15, 0.2) is 0 Å². The van der Waals surface area contributed by atoms with E-state index in [9.17, 15) is 26.7 Å². The second-order valence-electron chi connectivity index (χ2n) is 14.8. The number of piperidine rings is 1. The van der Waals surface area contributed by atoms with Crippen LogP contribution in [-0.2, 0) is 0 Å². The average Bonchev–Trinajstić information content (AvgIpc) is 3.65. The Hall–Kier alpha value is -6.13. The summed E-state index contributed by atoms with van der Waals surface area (Å²) in [7, 11) is 0. The number of nitrogens with one attached hydrogen (secondary N) is 2. The molecule has 312 valence electrons. The number of nitrogens with zero attached hydrogens (tertiary/aromatic N) is 7. The Kier molecular flexibility index (Phi) is 11.9. The first-order valence-electron chi connectivity index (χ1n) is 20.0. The van der Waals surface area contributed by atoms with Gasteiger partial charge in [-0.1, -0.05) is 24.3 Å². The third-order valence-corrected chi connectivity index (χ3v) is 11.0. The van der Waals surface area contributed by atoms with E-state index < -0.39 is 35.8 Å². The van der Waals surface area contributed by atoms with Crippen LogP contribution in [0.2, 0.25) is 0 Å². The van der Waals surface area contributed by atoms with E-state index in [-0.39, 0.29) is 12.1 Å². The first-order valence-corrected chi connectivity index (χ1v) is 20.0. The molecule has 0 unspecified atom stereocenters. The second-order valence-corrected chi connectivity index (χ2v) is 14.8. The lowest BCUT2D eigenvalue weighted by Gasteiger charge is -2.43. The van der Waals surface area contributed by atoms with Crippen molar-refractivity contribution in [1.29, 1.82) is 0 Å². The molecule has 0 aliphatic carbocycles. The third-order valence-electron chi connectivity index (χ3n) is 11.0. The fraction of sp³-hybridized carbons (Fsp3) is 0.318. The summed E-state index contributed by atoms with van der Waals surface area (Å²) in [5, 5.41) is 5.69. The van der Waals surface area contributed by atoms with E-state index >= 15 is 0 Å². The average molecular weight is 826 g/mol. The summed E-state index contributed by atoms with van der Waals surface area (Å²) in [5.41, 5.74) is 4.30. The molecular weight excluding hydrogens is 782 g/mol. The maximum Gasteiger partial charge on any atom is 0.390 e. The molecule has 2 aliphatic rings. The Morgan fingerprint density at radius 1 is 0.867 bits per heavy atom. The molecule has 8 rings (SSSR count). The number of piperazine rings is 1. The van der Waals surface area contributed by atoms with Crippen molar-refractivity contribution in [3.8, 4) is 28.4 Å². The number of rotatable bonds is 12. The van der Waals surface area contributed by atoms with Gasteiger partial charge in [0, 0.05) is 87.1 Å². The summed E-state index contributed by atoms with van der Waals surface area (Å²) in [4.78, 5) is 34.2. The smallest absolute Gasteiger partial charge is 0.390 e. The van der Waals surface area contributed by atoms with Crippen LogP contribution in [0.3, 0.4) is 0 Å². The molecule has 3 aromatic heterocycles. The van der Waals surface area contributed by atoms with E-state index in [4.69, 9.17) is 14.7 Å². The molecular formula is C44H44F5N9O2. The monoisotopic (exact) mass is 825 g/mol. The number of hydrogen-bond donors (Lipinski definition) is 2. The summed E-state index contributed by atoms with van der Waals surface area (Å²) in [6.07, 6.45) is 0.545. The number of hydrogen-bond acceptors (Lipinski definition) is 9. The molecule has 0 spiro atoms. The Labute approximate surface area is 343 Å². The maximum atomic E-state index is 14.4. The molecule has 1 amide bonds. The van der Waals surface area contributed by atoms with Crippen molar-refractivity contribution < 1.29 is 31.5 Å². The van der Waals surface area contributed by atoms with Gasteiger partial charge in [-0.15, -0.1) is 0 Å². The lowest BCUT2D eigenvalue weighted by molar-refractivity contribution is -0.139. The number of imidazole rings is 1. The van der Waals surface area contributed by atoms with Crippen molar-refractivity contribution >= 4 is 34.6 Å². The van der Waals surface area contributed by atoms with Crippen LogP contribution < -0.4 is 20.3 Å². The van der Waals surface area contributed by atoms with Gasteiger partial charge in [-0.3, -0.25) is 14.1 Å². The van der Waals surface area contributed by atoms with Crippen LogP contribution in [0.5, 0.6) is 5.75 Å². The van der Waals surface area contributed by atoms with E-state index in [0.29, 0.717) is 71.4 Å². The van der Waals surface area contributed by atoms with Gasteiger partial charge >= 0.3 is 6.18 Å². The van der Waals surface area contributed by atoms with E-state index in [1.165, 1.54) is 6.07 Å². The molecule has 3 aromatic carbocycles. The number of halogens is 5. The predicted octanol–water partition coefficient (Wildman–Crippen LogP) is 8.67. The zero-order valence-electron chi connectivity index (χ0n) is 32.9. The number of benzene rings is 3. The molecule has 2 aliphatic heterocycles. The number of amides is 1. The topological polar surface area (TPSA) is 103 Å². The van der Waals surface area contributed by atoms with E-state index in [1.807, 2.05) is 58.8 Å². The fourth-order valence-corrected chi connectivity index (χ4v) is 7.94. The van der Waals surface area contributed by atoms with E-state index in [0.717, 1.165) is 56.8 Å². The van der Waals surface area contributed by atoms with Crippen molar-refractivity contribution in [1.82, 2.24) is 29.2 Å². The number of ether oxygens (including phenoxy) is 1. The highest BCUT2D eigenvalue weighted by atomic mass is 19.4. The SMILES string of the molecule is CCOc1cc(N2CCC(N3CCN(CCC(F)(F)F)CC3)CC2)ccc1Nc1nccc(-c2c(-c3cccc(C(=O)Nc4c(F)cccc4F)c3)nc3ccccn23)n1. The molecule has 6 aromatic rings. The van der Waals surface area contributed by atoms with Gasteiger partial charge in [0.1, 0.15) is 28.7 Å². The standard InChI is InChI=1S/C44H44F5N9O2/c1-2-60-37-28-32(56-20-15-31(16-21-56)57-25-23-55(24-26-57)22-17-44(47,48)49)12-13-35(37)51-43-50-18-14-36(52-43)41-39(53-38-11-3-4-19-58(38)41)29-7-5-8-30(27-29)42(59)54-40-33(45)9-6-10-34(40)46/h3-14,18-19,27-28,31H,2,15-17,20-26H2,1H3,(H,54,59)(H,50,51,52). The first-order chi connectivity index (χ1) is 29.0. The quantitative estimate of drug-likeness (QED) is 0.117. The molecule has 5 heterocycles. The normalized spacial score (nSPS) is 15.7. The van der Waals surface area contributed by atoms with E-state index in [1.54, 1.807) is 36.5 Å². The van der Waals surface area contributed by atoms with Crippen LogP contribution >= 0.6 is 0 Å². The fourth-order valence-electron chi connectivity index (χ4n) is 7.94. The van der Waals surface area contributed by atoms with Crippen LogP contribution in [0.4, 0.5) is 45.0 Å². The van der Waals surface area contributed by atoms with E-state index in [2.05, 4.69) is 25.4 Å². The van der Waals surface area contributed by atoms with Gasteiger partial charge in [0.05, 0.1) is 35.8 Å². The number of aromatic nitrogens is 4. The summed E-state index contributed by atoms with van der Waals surface area (Å²) >= 11 is 0. The summed E-state index contributed by atoms with van der Waals surface area (Å²) in [6, 6.07) is 23.8. The Morgan fingerprint density at radius 2 is 1.63 bits per heavy atom. The molecule has 11 nitrogen and oxygen atoms in total. The van der Waals surface area contributed by atoms with Crippen molar-refractivity contribution in [2.45, 2.75) is 38.4 Å². The summed E-state index contributed by atoms with van der Waals surface area (Å²) < 4.78 is 74.8. The molecule has 2 fully saturated rings. The third kappa shape index (κ3) is 9.19. The highest BCUT2D eigenvalue weighted by Crippen LogP contribution is 2.36. The Balaban J connectivity index is 0.981. The Bertz CT molecular complexity index is 2440. The van der Waals surface area contributed by atoms with Gasteiger partial charge in [0.2, 0.25) is 5.95 Å². The molecule has 0 atom stereocenters. The number of pyridine rings is 1. The zero-order valence-corrected chi connectivity index (χ0v) is 32.9. The van der Waals surface area contributed by atoms with Crippen LogP contribution in [-0.4, -0.2) is 99.7 Å². The summed E-state index contributed by atoms with van der Waals surface area (Å²) in [5.74, 6) is -1.49. The molecule has 2 saturated heterocycles. The number of carbonyl (C=O) groups excluding carboxylic acids is 1. The molecule has 16 heteroatoms. The van der Waals surface area contributed by atoms with Crippen LogP contribution in [0.1, 0.15) is 36.5 Å². The minimum atomic E-state index is -4.12. The highest BCUT2D eigenvalue weighted by molar-refractivity contribution is 6.05. The number of fused-ring (bicyclic) bond motifs is 1. The zero-order chi connectivity index (χ0) is 41.8. The van der Waals surface area contributed by atoms with Gasteiger partial charge in [-0.25, -0.2) is 23.7 Å².